The van der Waals surface area contributed by atoms with Crippen molar-refractivity contribution >= 4 is 8.80 Å². The zero-order valence-electron chi connectivity index (χ0n) is 9.92. The number of rotatable bonds is 8. The molecule has 1 atom stereocenters. The molecule has 0 amide bonds. The molecular weight excluding hydrogens is 198 g/mol. The number of hydrogen-bond acceptors (Lipinski definition) is 4. The van der Waals surface area contributed by atoms with Crippen molar-refractivity contribution in [2.45, 2.75) is 32.4 Å². The van der Waals surface area contributed by atoms with Gasteiger partial charge in [-0.15, -0.1) is 0 Å². The van der Waals surface area contributed by atoms with Gasteiger partial charge >= 0.3 is 8.80 Å². The summed E-state index contributed by atoms with van der Waals surface area (Å²) in [6.07, 6.45) is 2.33. The summed E-state index contributed by atoms with van der Waals surface area (Å²) in [6.45, 7) is 4.98. The van der Waals surface area contributed by atoms with E-state index in [-0.39, 0.29) is 6.10 Å². The molecule has 0 aromatic heterocycles. The fourth-order valence-electron chi connectivity index (χ4n) is 1.17. The Hall–Kier alpha value is 0.0569. The van der Waals surface area contributed by atoms with Crippen LogP contribution in [0, 0.1) is 0 Å². The minimum absolute atomic E-state index is 0.194. The van der Waals surface area contributed by atoms with Crippen LogP contribution in [0.2, 0.25) is 6.55 Å². The zero-order valence-corrected chi connectivity index (χ0v) is 10.9. The second-order valence-corrected chi connectivity index (χ2v) is 6.22. The molecular formula is C9H23NO3Si. The smallest absolute Gasteiger partial charge is 0.377 e. The summed E-state index contributed by atoms with van der Waals surface area (Å²) in [5.41, 5.74) is 0. The summed E-state index contributed by atoms with van der Waals surface area (Å²) >= 11 is 0. The van der Waals surface area contributed by atoms with Crippen LogP contribution in [-0.2, 0) is 13.3 Å². The van der Waals surface area contributed by atoms with Gasteiger partial charge in [-0.2, -0.15) is 0 Å². The van der Waals surface area contributed by atoms with Gasteiger partial charge in [0.2, 0.25) is 0 Å². The second-order valence-electron chi connectivity index (χ2n) is 3.44. The van der Waals surface area contributed by atoms with Gasteiger partial charge in [-0.05, 0) is 33.4 Å². The quantitative estimate of drug-likeness (QED) is 0.495. The molecule has 0 saturated carbocycles. The number of nitrogens with one attached hydrogen (secondary N) is 1. The third kappa shape index (κ3) is 5.72. The Kier molecular flexibility index (Phi) is 7.39. The fourth-order valence-corrected chi connectivity index (χ4v) is 2.38. The van der Waals surface area contributed by atoms with E-state index in [1.807, 2.05) is 13.6 Å². The molecule has 1 N–H and O–H groups in total. The summed E-state index contributed by atoms with van der Waals surface area (Å²) in [5.74, 6) is 0. The Morgan fingerprint density at radius 1 is 1.29 bits per heavy atom. The molecule has 4 nitrogen and oxygen atoms in total. The van der Waals surface area contributed by atoms with Gasteiger partial charge in [-0.1, -0.05) is 0 Å². The molecule has 0 heterocycles. The lowest BCUT2D eigenvalue weighted by Crippen LogP contribution is -2.43. The Labute approximate surface area is 88.3 Å². The summed E-state index contributed by atoms with van der Waals surface area (Å²) in [5, 5.41) is 3.11. The highest BCUT2D eigenvalue weighted by Gasteiger charge is 2.33. The molecule has 0 aromatic rings. The van der Waals surface area contributed by atoms with E-state index in [1.54, 1.807) is 14.2 Å². The molecule has 5 heteroatoms. The van der Waals surface area contributed by atoms with E-state index < -0.39 is 8.80 Å². The van der Waals surface area contributed by atoms with Gasteiger partial charge in [0, 0.05) is 26.9 Å². The molecule has 0 bridgehead atoms. The molecule has 0 aliphatic carbocycles. The predicted octanol–water partition coefficient (Wildman–Crippen LogP) is 1.25. The number of hydrogen-bond donors (Lipinski definition) is 1. The maximum absolute atomic E-state index is 5.75. The van der Waals surface area contributed by atoms with Gasteiger partial charge in [0.15, 0.2) is 0 Å². The van der Waals surface area contributed by atoms with E-state index in [2.05, 4.69) is 12.2 Å². The van der Waals surface area contributed by atoms with E-state index in [1.165, 1.54) is 0 Å². The predicted molar refractivity (Wildman–Crippen MR) is 59.3 cm³/mol. The molecule has 0 fully saturated rings. The van der Waals surface area contributed by atoms with E-state index in [9.17, 15) is 0 Å². The van der Waals surface area contributed by atoms with Crippen LogP contribution >= 0.6 is 0 Å². The first-order valence-electron chi connectivity index (χ1n) is 5.00. The molecule has 0 saturated heterocycles. The van der Waals surface area contributed by atoms with Crippen LogP contribution in [0.15, 0.2) is 0 Å². The topological polar surface area (TPSA) is 39.7 Å². The Bertz CT molecular complexity index is 142. The van der Waals surface area contributed by atoms with Crippen molar-refractivity contribution in [2.24, 2.45) is 0 Å². The molecule has 0 rings (SSSR count). The van der Waals surface area contributed by atoms with Crippen LogP contribution in [0.3, 0.4) is 0 Å². The van der Waals surface area contributed by atoms with E-state index >= 15 is 0 Å². The van der Waals surface area contributed by atoms with Gasteiger partial charge in [0.25, 0.3) is 0 Å². The average molecular weight is 221 g/mol. The molecule has 0 aliphatic heterocycles. The zero-order chi connectivity index (χ0) is 11.0. The normalized spacial score (nSPS) is 14.4. The van der Waals surface area contributed by atoms with Crippen molar-refractivity contribution in [1.29, 1.82) is 0 Å². The Morgan fingerprint density at radius 2 is 1.86 bits per heavy atom. The average Bonchev–Trinajstić information content (AvgIpc) is 2.18. The van der Waals surface area contributed by atoms with Crippen molar-refractivity contribution in [3.05, 3.63) is 0 Å². The van der Waals surface area contributed by atoms with Gasteiger partial charge in [0.1, 0.15) is 0 Å². The third-order valence-electron chi connectivity index (χ3n) is 2.19. The van der Waals surface area contributed by atoms with Gasteiger partial charge in [-0.3, -0.25) is 0 Å². The summed E-state index contributed by atoms with van der Waals surface area (Å²) in [7, 11) is 2.88. The lowest BCUT2D eigenvalue weighted by atomic mass is 10.2. The van der Waals surface area contributed by atoms with Gasteiger partial charge in [-0.25, -0.2) is 0 Å². The monoisotopic (exact) mass is 221 g/mol. The maximum Gasteiger partial charge on any atom is 0.497 e. The molecule has 0 aliphatic rings. The van der Waals surface area contributed by atoms with Crippen LogP contribution in [0.5, 0.6) is 0 Å². The minimum Gasteiger partial charge on any atom is -0.377 e. The van der Waals surface area contributed by atoms with Crippen LogP contribution in [0.4, 0.5) is 0 Å². The third-order valence-corrected chi connectivity index (χ3v) is 4.51. The lowest BCUT2D eigenvalue weighted by Gasteiger charge is -2.26. The first-order chi connectivity index (χ1) is 6.58. The largest absolute Gasteiger partial charge is 0.497 e. The van der Waals surface area contributed by atoms with Crippen LogP contribution in [0.1, 0.15) is 19.8 Å². The lowest BCUT2D eigenvalue weighted by molar-refractivity contribution is 0.0645. The minimum atomic E-state index is -2.34. The Balaban J connectivity index is 3.73. The maximum atomic E-state index is 5.75. The van der Waals surface area contributed by atoms with Crippen LogP contribution in [-0.4, -0.2) is 42.7 Å². The first kappa shape index (κ1) is 14.1. The fraction of sp³-hybridized carbons (Fsp3) is 1.00. The van der Waals surface area contributed by atoms with E-state index in [0.29, 0.717) is 0 Å². The van der Waals surface area contributed by atoms with Crippen molar-refractivity contribution < 1.29 is 13.3 Å². The van der Waals surface area contributed by atoms with Crippen LogP contribution < -0.4 is 5.32 Å². The molecule has 0 radical (unpaired) electrons. The summed E-state index contributed by atoms with van der Waals surface area (Å²) in [6, 6.07) is 0. The molecule has 14 heavy (non-hydrogen) atoms. The van der Waals surface area contributed by atoms with E-state index in [4.69, 9.17) is 13.3 Å². The van der Waals surface area contributed by atoms with Crippen molar-refractivity contribution in [1.82, 2.24) is 5.32 Å². The van der Waals surface area contributed by atoms with Crippen molar-refractivity contribution in [3.8, 4) is 0 Å². The SMILES string of the molecule is CNCCCC(C)O[Si](C)(OC)OC. The van der Waals surface area contributed by atoms with Crippen LogP contribution in [0.25, 0.3) is 0 Å². The standard InChI is InChI=1S/C9H23NO3Si/c1-9(7-6-8-10-2)13-14(5,11-3)12-4/h9-10H,6-8H2,1-5H3. The van der Waals surface area contributed by atoms with Gasteiger partial charge in [0.05, 0.1) is 0 Å². The molecule has 0 spiro atoms. The molecule has 1 unspecified atom stereocenters. The highest BCUT2D eigenvalue weighted by molar-refractivity contribution is 6.59. The van der Waals surface area contributed by atoms with Gasteiger partial charge < -0.3 is 18.6 Å². The molecule has 86 valence electrons. The molecule has 0 aromatic carbocycles. The first-order valence-corrected chi connectivity index (χ1v) is 7.23. The summed E-state index contributed by atoms with van der Waals surface area (Å²) < 4.78 is 16.2. The highest BCUT2D eigenvalue weighted by atomic mass is 28.4. The van der Waals surface area contributed by atoms with E-state index in [0.717, 1.165) is 19.4 Å². The second kappa shape index (κ2) is 7.36. The Morgan fingerprint density at radius 3 is 2.29 bits per heavy atom. The highest BCUT2D eigenvalue weighted by Crippen LogP contribution is 2.12. The van der Waals surface area contributed by atoms with Crippen molar-refractivity contribution in [3.63, 3.8) is 0 Å². The van der Waals surface area contributed by atoms with Crippen molar-refractivity contribution in [2.75, 3.05) is 27.8 Å². The summed E-state index contributed by atoms with van der Waals surface area (Å²) in [4.78, 5) is 0.